The van der Waals surface area contributed by atoms with Crippen LogP contribution in [0, 0.1) is 18.8 Å². The third kappa shape index (κ3) is 4.94. The molecule has 1 saturated carbocycles. The van der Waals surface area contributed by atoms with Gasteiger partial charge in [-0.25, -0.2) is 0 Å². The molecule has 7 nitrogen and oxygen atoms in total. The van der Waals surface area contributed by atoms with Crippen molar-refractivity contribution in [1.82, 2.24) is 20.1 Å². The van der Waals surface area contributed by atoms with E-state index in [1.165, 1.54) is 32.2 Å². The van der Waals surface area contributed by atoms with Crippen LogP contribution in [0.1, 0.15) is 41.7 Å². The molecule has 0 aromatic carbocycles. The summed E-state index contributed by atoms with van der Waals surface area (Å²) in [5.74, 6) is 1.50. The van der Waals surface area contributed by atoms with Gasteiger partial charge in [-0.05, 0) is 63.6 Å². The molecule has 3 heterocycles. The van der Waals surface area contributed by atoms with E-state index in [1.54, 1.807) is 12.3 Å². The molecule has 2 N–H and O–H groups in total. The van der Waals surface area contributed by atoms with Crippen LogP contribution < -0.4 is 5.32 Å². The maximum absolute atomic E-state index is 12.3. The van der Waals surface area contributed by atoms with Crippen molar-refractivity contribution in [1.29, 1.82) is 0 Å². The zero-order valence-corrected chi connectivity index (χ0v) is 16.8. The molecule has 2 saturated heterocycles. The Hall–Kier alpha value is -1.86. The molecular weight excluding hydrogens is 356 g/mol. The van der Waals surface area contributed by atoms with E-state index in [4.69, 9.17) is 4.74 Å². The van der Waals surface area contributed by atoms with Crippen molar-refractivity contribution in [3.63, 3.8) is 0 Å². The fourth-order valence-corrected chi connectivity index (χ4v) is 4.31. The zero-order chi connectivity index (χ0) is 19.5. The molecule has 0 unspecified atom stereocenters. The molecular formula is C21H32N4O3. The first-order valence-electron chi connectivity index (χ1n) is 10.6. The van der Waals surface area contributed by atoms with Gasteiger partial charge in [0, 0.05) is 38.1 Å². The predicted molar refractivity (Wildman–Crippen MR) is 106 cm³/mol. The second-order valence-corrected chi connectivity index (χ2v) is 8.65. The van der Waals surface area contributed by atoms with Gasteiger partial charge in [-0.2, -0.15) is 0 Å². The molecule has 3 aliphatic rings. The van der Waals surface area contributed by atoms with E-state index in [9.17, 15) is 9.59 Å². The van der Waals surface area contributed by atoms with Gasteiger partial charge in [0.25, 0.3) is 5.91 Å². The number of carbonyl (C=O) groups excluding carboxylic acids is 2. The number of morpholine rings is 1. The van der Waals surface area contributed by atoms with E-state index >= 15 is 0 Å². The molecule has 1 atom stereocenters. The van der Waals surface area contributed by atoms with Crippen molar-refractivity contribution in [2.45, 2.75) is 38.7 Å². The molecule has 0 spiro atoms. The van der Waals surface area contributed by atoms with Crippen LogP contribution in [0.15, 0.2) is 12.3 Å². The second-order valence-electron chi connectivity index (χ2n) is 8.65. The largest absolute Gasteiger partial charge is 0.365 e. The average Bonchev–Trinajstić information content (AvgIpc) is 3.41. The van der Waals surface area contributed by atoms with Crippen LogP contribution in [-0.2, 0) is 9.53 Å². The van der Waals surface area contributed by atoms with Gasteiger partial charge in [-0.15, -0.1) is 0 Å². The van der Waals surface area contributed by atoms with Crippen LogP contribution in [0.3, 0.4) is 0 Å². The summed E-state index contributed by atoms with van der Waals surface area (Å²) >= 11 is 0. The molecule has 3 fully saturated rings. The van der Waals surface area contributed by atoms with E-state index in [0.29, 0.717) is 24.6 Å². The Balaban J connectivity index is 1.21. The van der Waals surface area contributed by atoms with Gasteiger partial charge < -0.3 is 24.8 Å². The Labute approximate surface area is 166 Å². The molecule has 2 aliphatic heterocycles. The van der Waals surface area contributed by atoms with Crippen LogP contribution in [-0.4, -0.2) is 78.6 Å². The van der Waals surface area contributed by atoms with Crippen molar-refractivity contribution < 1.29 is 14.3 Å². The Morgan fingerprint density at radius 1 is 1.21 bits per heavy atom. The summed E-state index contributed by atoms with van der Waals surface area (Å²) in [5.41, 5.74) is 1.51. The number of hydrogen-bond acceptors (Lipinski definition) is 4. The van der Waals surface area contributed by atoms with Gasteiger partial charge in [-0.1, -0.05) is 0 Å². The van der Waals surface area contributed by atoms with Crippen molar-refractivity contribution in [2.75, 3.05) is 45.9 Å². The first-order chi connectivity index (χ1) is 13.6. The SMILES string of the molecule is Cc1[nH]ccc1C(=O)NC[C@H]1CN(CC2CCN(CC3CC3)CC2)C(=O)CO1. The highest BCUT2D eigenvalue weighted by atomic mass is 16.5. The standard InChI is InChI=1S/C21H32N4O3/c1-15-19(4-7-22-15)21(27)23-10-18-13-25(20(26)14-28-18)12-17-5-8-24(9-6-17)11-16-2-3-16/h4,7,16-18,22H,2-3,5-6,8-14H2,1H3,(H,23,27)/t18-/m0/s1. The lowest BCUT2D eigenvalue weighted by atomic mass is 9.95. The zero-order valence-electron chi connectivity index (χ0n) is 16.8. The van der Waals surface area contributed by atoms with Crippen molar-refractivity contribution >= 4 is 11.8 Å². The van der Waals surface area contributed by atoms with Gasteiger partial charge in [0.2, 0.25) is 5.91 Å². The molecule has 1 aromatic heterocycles. The minimum atomic E-state index is -0.143. The quantitative estimate of drug-likeness (QED) is 0.740. The van der Waals surface area contributed by atoms with Crippen molar-refractivity contribution in [3.05, 3.63) is 23.5 Å². The van der Waals surface area contributed by atoms with Gasteiger partial charge in [0.05, 0.1) is 11.7 Å². The van der Waals surface area contributed by atoms with E-state index < -0.39 is 0 Å². The predicted octanol–water partition coefficient (Wildman–Crippen LogP) is 1.40. The maximum atomic E-state index is 12.3. The number of aromatic nitrogens is 1. The highest BCUT2D eigenvalue weighted by Crippen LogP contribution is 2.31. The van der Waals surface area contributed by atoms with Gasteiger partial charge >= 0.3 is 0 Å². The van der Waals surface area contributed by atoms with E-state index in [1.807, 2.05) is 11.8 Å². The van der Waals surface area contributed by atoms with Crippen molar-refractivity contribution in [2.24, 2.45) is 11.8 Å². The first kappa shape index (κ1) is 19.5. The number of likely N-dealkylation sites (tertiary alicyclic amines) is 1. The molecule has 154 valence electrons. The lowest BCUT2D eigenvalue weighted by Crippen LogP contribution is -2.52. The number of rotatable bonds is 7. The van der Waals surface area contributed by atoms with Gasteiger partial charge in [-0.3, -0.25) is 9.59 Å². The summed E-state index contributed by atoms with van der Waals surface area (Å²) in [6.45, 7) is 7.39. The third-order valence-electron chi connectivity index (χ3n) is 6.31. The molecule has 7 heteroatoms. The normalized spacial score (nSPS) is 24.5. The second kappa shape index (κ2) is 8.66. The number of nitrogens with one attached hydrogen (secondary N) is 2. The van der Waals surface area contributed by atoms with E-state index in [2.05, 4.69) is 15.2 Å². The summed E-state index contributed by atoms with van der Waals surface area (Å²) in [4.78, 5) is 32.1. The molecule has 0 radical (unpaired) electrons. The highest BCUT2D eigenvalue weighted by Gasteiger charge is 2.31. The Kier molecular flexibility index (Phi) is 6.01. The molecule has 1 aliphatic carbocycles. The molecule has 1 aromatic rings. The van der Waals surface area contributed by atoms with E-state index in [-0.39, 0.29) is 24.5 Å². The minimum absolute atomic E-state index is 0.0736. The lowest BCUT2D eigenvalue weighted by Gasteiger charge is -2.38. The molecule has 2 amide bonds. The fraction of sp³-hybridized carbons (Fsp3) is 0.714. The summed E-state index contributed by atoms with van der Waals surface area (Å²) in [6.07, 6.45) is 6.78. The van der Waals surface area contributed by atoms with Gasteiger partial charge in [0.1, 0.15) is 6.61 Å². The molecule has 0 bridgehead atoms. The number of aryl methyl sites for hydroxylation is 1. The van der Waals surface area contributed by atoms with Crippen molar-refractivity contribution in [3.8, 4) is 0 Å². The fourth-order valence-electron chi connectivity index (χ4n) is 4.31. The van der Waals surface area contributed by atoms with E-state index in [0.717, 1.165) is 31.2 Å². The Bertz CT molecular complexity index is 692. The van der Waals surface area contributed by atoms with Crippen LogP contribution >= 0.6 is 0 Å². The summed E-state index contributed by atoms with van der Waals surface area (Å²) in [5, 5.41) is 2.94. The number of aromatic amines is 1. The average molecular weight is 389 g/mol. The van der Waals surface area contributed by atoms with Crippen LogP contribution in [0.25, 0.3) is 0 Å². The maximum Gasteiger partial charge on any atom is 0.253 e. The topological polar surface area (TPSA) is 77.7 Å². The van der Waals surface area contributed by atoms with Crippen LogP contribution in [0.5, 0.6) is 0 Å². The number of H-pyrrole nitrogens is 1. The first-order valence-corrected chi connectivity index (χ1v) is 10.6. The summed E-state index contributed by atoms with van der Waals surface area (Å²) in [6, 6.07) is 1.78. The number of piperidine rings is 1. The number of nitrogens with zero attached hydrogens (tertiary/aromatic N) is 2. The van der Waals surface area contributed by atoms with Crippen LogP contribution in [0.2, 0.25) is 0 Å². The van der Waals surface area contributed by atoms with Gasteiger partial charge in [0.15, 0.2) is 0 Å². The molecule has 4 rings (SSSR count). The number of ether oxygens (including phenoxy) is 1. The smallest absolute Gasteiger partial charge is 0.253 e. The summed E-state index contributed by atoms with van der Waals surface area (Å²) in [7, 11) is 0. The third-order valence-corrected chi connectivity index (χ3v) is 6.31. The lowest BCUT2D eigenvalue weighted by molar-refractivity contribution is -0.149. The number of amides is 2. The monoisotopic (exact) mass is 388 g/mol. The number of hydrogen-bond donors (Lipinski definition) is 2. The minimum Gasteiger partial charge on any atom is -0.365 e. The highest BCUT2D eigenvalue weighted by molar-refractivity contribution is 5.95. The Morgan fingerprint density at radius 2 is 1.96 bits per heavy atom. The molecule has 28 heavy (non-hydrogen) atoms. The summed E-state index contributed by atoms with van der Waals surface area (Å²) < 4.78 is 5.65. The Morgan fingerprint density at radius 3 is 2.64 bits per heavy atom. The van der Waals surface area contributed by atoms with Crippen LogP contribution in [0.4, 0.5) is 0 Å². The number of carbonyl (C=O) groups is 2.